The van der Waals surface area contributed by atoms with Gasteiger partial charge in [0.25, 0.3) is 0 Å². The number of carbonyl (C=O) groups is 1. The molecule has 1 aromatic carbocycles. The van der Waals surface area contributed by atoms with Crippen LogP contribution in [0.25, 0.3) is 5.57 Å². The number of ketones is 1. The number of hydrogen-bond acceptors (Lipinski definition) is 3. The van der Waals surface area contributed by atoms with Gasteiger partial charge in [0.05, 0.1) is 13.2 Å². The van der Waals surface area contributed by atoms with E-state index < -0.39 is 6.10 Å². The second-order valence-corrected chi connectivity index (χ2v) is 7.06. The van der Waals surface area contributed by atoms with Gasteiger partial charge in [-0.05, 0) is 56.2 Å². The molecular weight excluding hydrogens is 276 g/mol. The van der Waals surface area contributed by atoms with Crippen LogP contribution in [0, 0.1) is 11.3 Å². The summed E-state index contributed by atoms with van der Waals surface area (Å²) < 4.78 is 5.51. The minimum absolute atomic E-state index is 0.227. The summed E-state index contributed by atoms with van der Waals surface area (Å²) in [5.41, 5.74) is 4.75. The highest BCUT2D eigenvalue weighted by molar-refractivity contribution is 5.98. The predicted octanol–water partition coefficient (Wildman–Crippen LogP) is 3.15. The van der Waals surface area contributed by atoms with Crippen molar-refractivity contribution in [1.29, 1.82) is 0 Å². The summed E-state index contributed by atoms with van der Waals surface area (Å²) in [4.78, 5) is 12.8. The van der Waals surface area contributed by atoms with E-state index >= 15 is 0 Å². The molecule has 2 bridgehead atoms. The van der Waals surface area contributed by atoms with Crippen LogP contribution in [0.5, 0.6) is 5.75 Å². The second-order valence-electron chi connectivity index (χ2n) is 7.06. The lowest BCUT2D eigenvalue weighted by molar-refractivity contribution is -0.139. The molecule has 22 heavy (non-hydrogen) atoms. The lowest BCUT2D eigenvalue weighted by Gasteiger charge is -2.48. The average molecular weight is 298 g/mol. The Labute approximate surface area is 131 Å². The molecule has 1 aromatic rings. The fraction of sp³-hybridized carbons (Fsp3) is 0.526. The molecule has 3 heteroatoms. The highest BCUT2D eigenvalue weighted by atomic mass is 16.5. The molecule has 116 valence electrons. The van der Waals surface area contributed by atoms with Gasteiger partial charge in [0.1, 0.15) is 11.5 Å². The van der Waals surface area contributed by atoms with E-state index in [1.54, 1.807) is 7.11 Å². The quantitative estimate of drug-likeness (QED) is 0.866. The monoisotopic (exact) mass is 298 g/mol. The van der Waals surface area contributed by atoms with Crippen LogP contribution in [0.15, 0.2) is 23.8 Å². The van der Waals surface area contributed by atoms with E-state index in [0.29, 0.717) is 6.42 Å². The first-order valence-electron chi connectivity index (χ1n) is 8.17. The van der Waals surface area contributed by atoms with Gasteiger partial charge in [-0.15, -0.1) is 0 Å². The summed E-state index contributed by atoms with van der Waals surface area (Å²) in [6.07, 6.45) is 3.61. The number of hydrogen-bond donors (Lipinski definition) is 1. The summed E-state index contributed by atoms with van der Waals surface area (Å²) in [5, 5.41) is 10.3. The standard InChI is InChI=1S/C19H22O3/c1-19-9-8-16(20)14(18(19)21)10-13-11-4-3-5-17(22-2)12(11)6-7-15(13)19/h3-5,14,16,20H,6-10H2,1-2H3/t14-,16-,19+/m1/s1. The van der Waals surface area contributed by atoms with Gasteiger partial charge in [0.15, 0.2) is 0 Å². The van der Waals surface area contributed by atoms with Gasteiger partial charge in [-0.3, -0.25) is 4.79 Å². The molecule has 0 spiro atoms. The third kappa shape index (κ3) is 1.69. The molecule has 3 atom stereocenters. The number of carbonyl (C=O) groups excluding carboxylic acids is 1. The largest absolute Gasteiger partial charge is 0.496 e. The number of Topliss-reactive ketones (excluding diaryl/α,β-unsaturated/α-hetero) is 1. The molecule has 0 heterocycles. The molecule has 3 nitrogen and oxygen atoms in total. The Morgan fingerprint density at radius 1 is 1.32 bits per heavy atom. The van der Waals surface area contributed by atoms with Crippen LogP contribution in [-0.2, 0) is 11.2 Å². The fourth-order valence-corrected chi connectivity index (χ4v) is 4.80. The van der Waals surface area contributed by atoms with Crippen LogP contribution in [0.2, 0.25) is 0 Å². The molecule has 0 amide bonds. The zero-order valence-corrected chi connectivity index (χ0v) is 13.2. The average Bonchev–Trinajstić information content (AvgIpc) is 2.53. The summed E-state index contributed by atoms with van der Waals surface area (Å²) >= 11 is 0. The summed E-state index contributed by atoms with van der Waals surface area (Å²) in [6.45, 7) is 2.09. The van der Waals surface area contributed by atoms with Crippen molar-refractivity contribution < 1.29 is 14.6 Å². The van der Waals surface area contributed by atoms with Gasteiger partial charge >= 0.3 is 0 Å². The SMILES string of the molecule is COc1cccc2c1CCC1=C2C[C@H]2C(=O)[C@@]1(C)CC[C@H]2O. The molecule has 4 rings (SSSR count). The number of methoxy groups -OCH3 is 1. The zero-order valence-electron chi connectivity index (χ0n) is 13.2. The second kappa shape index (κ2) is 4.69. The Kier molecular flexibility index (Phi) is 2.99. The van der Waals surface area contributed by atoms with Crippen LogP contribution in [0.1, 0.15) is 43.7 Å². The minimum atomic E-state index is -0.481. The third-order valence-corrected chi connectivity index (χ3v) is 6.04. The van der Waals surface area contributed by atoms with E-state index in [-0.39, 0.29) is 17.1 Å². The number of allylic oxidation sites excluding steroid dienone is 2. The summed E-state index contributed by atoms with van der Waals surface area (Å²) in [7, 11) is 1.71. The van der Waals surface area contributed by atoms with Gasteiger partial charge in [-0.25, -0.2) is 0 Å². The number of rotatable bonds is 1. The maximum absolute atomic E-state index is 12.8. The molecule has 0 aromatic heterocycles. The van der Waals surface area contributed by atoms with Crippen molar-refractivity contribution in [2.45, 2.75) is 45.1 Å². The lowest BCUT2D eigenvalue weighted by atomic mass is 9.55. The highest BCUT2D eigenvalue weighted by Crippen LogP contribution is 2.55. The van der Waals surface area contributed by atoms with E-state index in [1.807, 2.05) is 12.1 Å². The van der Waals surface area contributed by atoms with Crippen LogP contribution >= 0.6 is 0 Å². The molecule has 0 saturated heterocycles. The van der Waals surface area contributed by atoms with Gasteiger partial charge in [-0.1, -0.05) is 17.7 Å². The van der Waals surface area contributed by atoms with Crippen molar-refractivity contribution in [3.8, 4) is 5.75 Å². The zero-order chi connectivity index (χ0) is 15.5. The van der Waals surface area contributed by atoms with Gasteiger partial charge in [-0.2, -0.15) is 0 Å². The molecule has 0 radical (unpaired) electrons. The lowest BCUT2D eigenvalue weighted by Crippen LogP contribution is -2.49. The highest BCUT2D eigenvalue weighted by Gasteiger charge is 2.52. The van der Waals surface area contributed by atoms with Crippen LogP contribution in [0.4, 0.5) is 0 Å². The smallest absolute Gasteiger partial charge is 0.148 e. The predicted molar refractivity (Wildman–Crippen MR) is 84.7 cm³/mol. The van der Waals surface area contributed by atoms with Crippen molar-refractivity contribution in [2.75, 3.05) is 7.11 Å². The minimum Gasteiger partial charge on any atom is -0.496 e. The molecule has 1 fully saturated rings. The first kappa shape index (κ1) is 14.0. The first-order valence-corrected chi connectivity index (χ1v) is 8.17. The Balaban J connectivity index is 1.91. The third-order valence-electron chi connectivity index (χ3n) is 6.04. The van der Waals surface area contributed by atoms with Crippen molar-refractivity contribution in [3.63, 3.8) is 0 Å². The number of ether oxygens (including phenoxy) is 1. The van der Waals surface area contributed by atoms with Crippen molar-refractivity contribution in [3.05, 3.63) is 34.9 Å². The number of aliphatic hydroxyl groups is 1. The van der Waals surface area contributed by atoms with Gasteiger partial charge in [0.2, 0.25) is 0 Å². The van der Waals surface area contributed by atoms with E-state index in [4.69, 9.17) is 4.74 Å². The molecule has 3 aliphatic carbocycles. The Hall–Kier alpha value is -1.61. The fourth-order valence-electron chi connectivity index (χ4n) is 4.80. The molecule has 0 aliphatic heterocycles. The normalized spacial score (nSPS) is 33.3. The Morgan fingerprint density at radius 2 is 2.14 bits per heavy atom. The number of fused-ring (bicyclic) bond motifs is 5. The van der Waals surface area contributed by atoms with Crippen molar-refractivity contribution >= 4 is 11.4 Å². The summed E-state index contributed by atoms with van der Waals surface area (Å²) in [5.74, 6) is 0.975. The van der Waals surface area contributed by atoms with E-state index in [1.165, 1.54) is 22.3 Å². The van der Waals surface area contributed by atoms with Gasteiger partial charge < -0.3 is 9.84 Å². The van der Waals surface area contributed by atoms with E-state index in [9.17, 15) is 9.90 Å². The topological polar surface area (TPSA) is 46.5 Å². The van der Waals surface area contributed by atoms with Crippen LogP contribution in [0.3, 0.4) is 0 Å². The molecular formula is C19H22O3. The maximum Gasteiger partial charge on any atom is 0.148 e. The Bertz CT molecular complexity index is 688. The van der Waals surface area contributed by atoms with Crippen molar-refractivity contribution in [2.24, 2.45) is 11.3 Å². The molecule has 1 saturated carbocycles. The summed E-state index contributed by atoms with van der Waals surface area (Å²) in [6, 6.07) is 6.18. The first-order chi connectivity index (χ1) is 10.6. The van der Waals surface area contributed by atoms with E-state index in [0.717, 1.165) is 31.4 Å². The molecule has 1 N–H and O–H groups in total. The number of aliphatic hydroxyl groups excluding tert-OH is 1. The Morgan fingerprint density at radius 3 is 2.91 bits per heavy atom. The van der Waals surface area contributed by atoms with Crippen molar-refractivity contribution in [1.82, 2.24) is 0 Å². The molecule has 0 unspecified atom stereocenters. The van der Waals surface area contributed by atoms with Crippen LogP contribution in [-0.4, -0.2) is 24.1 Å². The number of benzene rings is 1. The van der Waals surface area contributed by atoms with Gasteiger partial charge in [0, 0.05) is 16.9 Å². The molecule has 3 aliphatic rings. The maximum atomic E-state index is 12.8. The van der Waals surface area contributed by atoms with E-state index in [2.05, 4.69) is 13.0 Å². The van der Waals surface area contributed by atoms with Crippen LogP contribution < -0.4 is 4.74 Å².